The average Bonchev–Trinajstić information content (AvgIpc) is 2.15. The molecule has 0 aromatic carbocycles. The van der Waals surface area contributed by atoms with E-state index in [2.05, 4.69) is 5.32 Å². The van der Waals surface area contributed by atoms with E-state index >= 15 is 0 Å². The molecule has 1 amide bonds. The van der Waals surface area contributed by atoms with Gasteiger partial charge in [0.2, 0.25) is 5.91 Å². The number of aliphatic carboxylic acids is 1. The molecule has 0 aliphatic carbocycles. The van der Waals surface area contributed by atoms with E-state index in [4.69, 9.17) is 10.8 Å². The van der Waals surface area contributed by atoms with Crippen LogP contribution >= 0.6 is 0 Å². The second kappa shape index (κ2) is 7.22. The number of rotatable bonds is 7. The molecule has 0 aromatic rings. The molecular formula is C11H22N2O3. The summed E-state index contributed by atoms with van der Waals surface area (Å²) in [5.41, 5.74) is 5.42. The first-order chi connectivity index (χ1) is 7.36. The van der Waals surface area contributed by atoms with Crippen molar-refractivity contribution in [2.24, 2.45) is 17.6 Å². The number of hydrogen-bond acceptors (Lipinski definition) is 3. The molecule has 4 N–H and O–H groups in total. The number of carboxylic acids is 1. The van der Waals surface area contributed by atoms with E-state index in [-0.39, 0.29) is 30.2 Å². The lowest BCUT2D eigenvalue weighted by atomic mass is 10.00. The molecular weight excluding hydrogens is 208 g/mol. The maximum Gasteiger partial charge on any atom is 0.305 e. The van der Waals surface area contributed by atoms with Gasteiger partial charge in [0.05, 0.1) is 6.42 Å². The normalized spacial score (nSPS) is 14.6. The number of carbonyl (C=O) groups excluding carboxylic acids is 1. The first-order valence-corrected chi connectivity index (χ1v) is 5.58. The van der Waals surface area contributed by atoms with Gasteiger partial charge in [-0.3, -0.25) is 9.59 Å². The molecule has 0 bridgehead atoms. The summed E-state index contributed by atoms with van der Waals surface area (Å²) in [6.07, 6.45) is 0.305. The molecule has 16 heavy (non-hydrogen) atoms. The third kappa shape index (κ3) is 6.40. The Labute approximate surface area is 96.4 Å². The highest BCUT2D eigenvalue weighted by atomic mass is 16.4. The quantitative estimate of drug-likeness (QED) is 0.596. The van der Waals surface area contributed by atoms with Gasteiger partial charge in [-0.2, -0.15) is 0 Å². The molecule has 0 saturated carbocycles. The number of carboxylic acid groups (broad SMARTS) is 1. The lowest BCUT2D eigenvalue weighted by Gasteiger charge is -2.21. The summed E-state index contributed by atoms with van der Waals surface area (Å²) >= 11 is 0. The fourth-order valence-corrected chi connectivity index (χ4v) is 1.31. The summed E-state index contributed by atoms with van der Waals surface area (Å²) in [4.78, 5) is 22.2. The van der Waals surface area contributed by atoms with Gasteiger partial charge in [0.15, 0.2) is 0 Å². The molecule has 0 fully saturated rings. The lowest BCUT2D eigenvalue weighted by molar-refractivity contribution is -0.138. The Morgan fingerprint density at radius 3 is 2.19 bits per heavy atom. The van der Waals surface area contributed by atoms with Crippen LogP contribution in [0.2, 0.25) is 0 Å². The van der Waals surface area contributed by atoms with Crippen LogP contribution in [0.3, 0.4) is 0 Å². The van der Waals surface area contributed by atoms with Gasteiger partial charge >= 0.3 is 5.97 Å². The fraction of sp³-hybridized carbons (Fsp3) is 0.818. The highest BCUT2D eigenvalue weighted by Crippen LogP contribution is 2.07. The van der Waals surface area contributed by atoms with Crippen molar-refractivity contribution in [2.75, 3.05) is 6.54 Å². The Hall–Kier alpha value is -1.10. The van der Waals surface area contributed by atoms with Crippen LogP contribution < -0.4 is 11.1 Å². The zero-order valence-corrected chi connectivity index (χ0v) is 10.2. The molecule has 0 aliphatic rings. The van der Waals surface area contributed by atoms with E-state index in [0.29, 0.717) is 13.0 Å². The van der Waals surface area contributed by atoms with Gasteiger partial charge in [-0.1, -0.05) is 20.8 Å². The number of amides is 1. The summed E-state index contributed by atoms with van der Waals surface area (Å²) in [5, 5.41) is 11.4. The van der Waals surface area contributed by atoms with Crippen molar-refractivity contribution in [1.29, 1.82) is 0 Å². The molecule has 0 saturated heterocycles. The van der Waals surface area contributed by atoms with Gasteiger partial charge in [-0.25, -0.2) is 0 Å². The minimum Gasteiger partial charge on any atom is -0.481 e. The summed E-state index contributed by atoms with van der Waals surface area (Å²) in [5.74, 6) is -0.797. The molecule has 2 unspecified atom stereocenters. The minimum absolute atomic E-state index is 0.0413. The summed E-state index contributed by atoms with van der Waals surface area (Å²) in [7, 11) is 0. The number of carbonyl (C=O) groups is 2. The fourth-order valence-electron chi connectivity index (χ4n) is 1.31. The van der Waals surface area contributed by atoms with Gasteiger partial charge in [0, 0.05) is 12.5 Å². The van der Waals surface area contributed by atoms with Crippen LogP contribution in [0.4, 0.5) is 0 Å². The minimum atomic E-state index is -0.897. The predicted molar refractivity (Wildman–Crippen MR) is 61.9 cm³/mol. The van der Waals surface area contributed by atoms with Gasteiger partial charge < -0.3 is 16.2 Å². The van der Waals surface area contributed by atoms with E-state index in [1.54, 1.807) is 0 Å². The topological polar surface area (TPSA) is 92.4 Å². The molecule has 0 rings (SSSR count). The first kappa shape index (κ1) is 14.9. The maximum absolute atomic E-state index is 11.5. The van der Waals surface area contributed by atoms with Crippen molar-refractivity contribution in [1.82, 2.24) is 5.32 Å². The van der Waals surface area contributed by atoms with Crippen LogP contribution in [0.25, 0.3) is 0 Å². The van der Waals surface area contributed by atoms with Crippen LogP contribution in [-0.4, -0.2) is 29.6 Å². The molecule has 0 radical (unpaired) electrons. The van der Waals surface area contributed by atoms with E-state index in [0.717, 1.165) is 0 Å². The SMILES string of the molecule is CC(CN)CC(=O)NC(CC(=O)O)C(C)C. The molecule has 0 aliphatic heterocycles. The zero-order chi connectivity index (χ0) is 12.7. The van der Waals surface area contributed by atoms with Gasteiger partial charge in [0.25, 0.3) is 0 Å². The van der Waals surface area contributed by atoms with Crippen molar-refractivity contribution in [2.45, 2.75) is 39.7 Å². The van der Waals surface area contributed by atoms with Gasteiger partial charge in [-0.05, 0) is 18.4 Å². The largest absolute Gasteiger partial charge is 0.481 e. The Kier molecular flexibility index (Phi) is 6.72. The van der Waals surface area contributed by atoms with Gasteiger partial charge in [-0.15, -0.1) is 0 Å². The summed E-state index contributed by atoms with van der Waals surface area (Å²) < 4.78 is 0. The van der Waals surface area contributed by atoms with Crippen LogP contribution in [-0.2, 0) is 9.59 Å². The van der Waals surface area contributed by atoms with Crippen molar-refractivity contribution in [3.8, 4) is 0 Å². The lowest BCUT2D eigenvalue weighted by Crippen LogP contribution is -2.41. The average molecular weight is 230 g/mol. The Morgan fingerprint density at radius 2 is 1.81 bits per heavy atom. The van der Waals surface area contributed by atoms with E-state index in [1.165, 1.54) is 0 Å². The van der Waals surface area contributed by atoms with Crippen molar-refractivity contribution in [3.63, 3.8) is 0 Å². The van der Waals surface area contributed by atoms with Gasteiger partial charge in [0.1, 0.15) is 0 Å². The Morgan fingerprint density at radius 1 is 1.25 bits per heavy atom. The summed E-state index contributed by atoms with van der Waals surface area (Å²) in [6.45, 7) is 6.13. The Balaban J connectivity index is 4.18. The number of nitrogens with two attached hydrogens (primary N) is 1. The van der Waals surface area contributed by atoms with E-state index < -0.39 is 5.97 Å². The van der Waals surface area contributed by atoms with Crippen molar-refractivity contribution < 1.29 is 14.7 Å². The van der Waals surface area contributed by atoms with E-state index in [9.17, 15) is 9.59 Å². The van der Waals surface area contributed by atoms with Crippen LogP contribution in [0, 0.1) is 11.8 Å². The molecule has 5 heteroatoms. The maximum atomic E-state index is 11.5. The third-order valence-corrected chi connectivity index (χ3v) is 2.48. The monoisotopic (exact) mass is 230 g/mol. The molecule has 0 heterocycles. The molecule has 94 valence electrons. The first-order valence-electron chi connectivity index (χ1n) is 5.58. The standard InChI is InChI=1S/C11H22N2O3/c1-7(2)9(5-11(15)16)13-10(14)4-8(3)6-12/h7-9H,4-6,12H2,1-3H3,(H,13,14)(H,15,16). The Bertz CT molecular complexity index is 241. The van der Waals surface area contributed by atoms with Crippen molar-refractivity contribution in [3.05, 3.63) is 0 Å². The predicted octanol–water partition coefficient (Wildman–Crippen LogP) is 0.587. The molecule has 0 aromatic heterocycles. The van der Waals surface area contributed by atoms with Crippen LogP contribution in [0.15, 0.2) is 0 Å². The van der Waals surface area contributed by atoms with Crippen molar-refractivity contribution >= 4 is 11.9 Å². The highest BCUT2D eigenvalue weighted by molar-refractivity contribution is 5.77. The molecule has 2 atom stereocenters. The van der Waals surface area contributed by atoms with Crippen LogP contribution in [0.5, 0.6) is 0 Å². The molecule has 0 spiro atoms. The number of hydrogen-bond donors (Lipinski definition) is 3. The summed E-state index contributed by atoms with van der Waals surface area (Å²) in [6, 6.07) is -0.310. The second-order valence-corrected chi connectivity index (χ2v) is 4.56. The van der Waals surface area contributed by atoms with E-state index in [1.807, 2.05) is 20.8 Å². The number of nitrogens with one attached hydrogen (secondary N) is 1. The zero-order valence-electron chi connectivity index (χ0n) is 10.2. The smallest absolute Gasteiger partial charge is 0.305 e. The van der Waals surface area contributed by atoms with Crippen LogP contribution in [0.1, 0.15) is 33.6 Å². The highest BCUT2D eigenvalue weighted by Gasteiger charge is 2.19. The second-order valence-electron chi connectivity index (χ2n) is 4.56. The molecule has 5 nitrogen and oxygen atoms in total. The third-order valence-electron chi connectivity index (χ3n) is 2.48.